The van der Waals surface area contributed by atoms with Gasteiger partial charge in [-0.1, -0.05) is 0 Å². The molecule has 1 N–H and O–H groups in total. The molecule has 0 aromatic rings. The molecule has 1 aliphatic carbocycles. The van der Waals surface area contributed by atoms with Crippen molar-refractivity contribution in [3.8, 4) is 0 Å². The van der Waals surface area contributed by atoms with Gasteiger partial charge in [-0.3, -0.25) is 4.57 Å². The zero-order valence-electron chi connectivity index (χ0n) is 9.87. The number of carbonyl (C=O) groups is 1. The lowest BCUT2D eigenvalue weighted by atomic mass is 10.1. The predicted molar refractivity (Wildman–Crippen MR) is 58.9 cm³/mol. The van der Waals surface area contributed by atoms with E-state index < -0.39 is 25.4 Å². The smallest absolute Gasteiger partial charge is 0.330 e. The van der Waals surface area contributed by atoms with Gasteiger partial charge in [-0.2, -0.15) is 0 Å². The van der Waals surface area contributed by atoms with Crippen LogP contribution in [0.25, 0.3) is 0 Å². The summed E-state index contributed by atoms with van der Waals surface area (Å²) in [5.74, 6) is 0.0211. The van der Waals surface area contributed by atoms with Crippen LogP contribution in [0.3, 0.4) is 0 Å². The molecule has 17 heavy (non-hydrogen) atoms. The summed E-state index contributed by atoms with van der Waals surface area (Å²) in [6.45, 7) is 0. The van der Waals surface area contributed by atoms with Gasteiger partial charge in [-0.05, 0) is 6.42 Å². The molecule has 6 nitrogen and oxygen atoms in total. The van der Waals surface area contributed by atoms with E-state index in [2.05, 4.69) is 0 Å². The third kappa shape index (κ3) is 2.33. The maximum Gasteiger partial charge on any atom is 0.330 e. The van der Waals surface area contributed by atoms with Crippen LogP contribution in [0.1, 0.15) is 12.8 Å². The van der Waals surface area contributed by atoms with E-state index in [0.717, 1.165) is 0 Å². The van der Waals surface area contributed by atoms with Gasteiger partial charge in [0.15, 0.2) is 6.29 Å². The van der Waals surface area contributed by atoms with Crippen molar-refractivity contribution >= 4 is 13.9 Å². The number of aliphatic hydroxyl groups excluding tert-OH is 1. The Kier molecular flexibility index (Phi) is 3.45. The summed E-state index contributed by atoms with van der Waals surface area (Å²) in [6.07, 6.45) is 0.449. The van der Waals surface area contributed by atoms with E-state index in [0.29, 0.717) is 19.1 Å². The summed E-state index contributed by atoms with van der Waals surface area (Å²) >= 11 is 0. The molecule has 2 aliphatic rings. The summed E-state index contributed by atoms with van der Waals surface area (Å²) < 4.78 is 27.2. The van der Waals surface area contributed by atoms with Gasteiger partial charge in [0, 0.05) is 26.6 Å². The molecule has 1 saturated heterocycles. The average molecular weight is 264 g/mol. The Bertz CT molecular complexity index is 351. The lowest BCUT2D eigenvalue weighted by Crippen LogP contribution is -2.22. The number of hydrogen-bond donors (Lipinski definition) is 1. The lowest BCUT2D eigenvalue weighted by Gasteiger charge is -2.15. The molecular formula is C10H17O6P. The van der Waals surface area contributed by atoms with Crippen LogP contribution in [0.15, 0.2) is 0 Å². The summed E-state index contributed by atoms with van der Waals surface area (Å²) in [5.41, 5.74) is -0.502. The van der Waals surface area contributed by atoms with E-state index in [1.807, 2.05) is 0 Å². The van der Waals surface area contributed by atoms with Crippen LogP contribution in [-0.4, -0.2) is 49.6 Å². The van der Waals surface area contributed by atoms with Gasteiger partial charge in [0.05, 0.1) is 17.9 Å². The molecular weight excluding hydrogens is 247 g/mol. The average Bonchev–Trinajstić information content (AvgIpc) is 2.84. The zero-order valence-corrected chi connectivity index (χ0v) is 10.8. The topological polar surface area (TPSA) is 82.1 Å². The van der Waals surface area contributed by atoms with Crippen LogP contribution < -0.4 is 0 Å². The number of carbonyl (C=O) groups excluding carboxylic acids is 1. The van der Waals surface area contributed by atoms with Gasteiger partial charge in [-0.15, -0.1) is 0 Å². The Labute approximate surface area is 99.8 Å². The van der Waals surface area contributed by atoms with E-state index in [1.54, 1.807) is 0 Å². The molecule has 2 fully saturated rings. The molecule has 1 saturated carbocycles. The first-order valence-corrected chi connectivity index (χ1v) is 7.23. The van der Waals surface area contributed by atoms with Crippen LogP contribution in [0, 0.1) is 5.92 Å². The Morgan fingerprint density at radius 3 is 2.59 bits per heavy atom. The van der Waals surface area contributed by atoms with E-state index in [9.17, 15) is 14.5 Å². The second-order valence-electron chi connectivity index (χ2n) is 4.61. The van der Waals surface area contributed by atoms with Gasteiger partial charge in [0.1, 0.15) is 6.10 Å². The van der Waals surface area contributed by atoms with E-state index >= 15 is 0 Å². The number of rotatable bonds is 5. The maximum atomic E-state index is 11.9. The highest BCUT2D eigenvalue weighted by Crippen LogP contribution is 2.61. The predicted octanol–water partition coefficient (Wildman–Crippen LogP) is 0.580. The minimum atomic E-state index is -3.05. The van der Waals surface area contributed by atoms with Crippen molar-refractivity contribution in [1.29, 1.82) is 0 Å². The Morgan fingerprint density at radius 2 is 2.12 bits per heavy atom. The van der Waals surface area contributed by atoms with Gasteiger partial charge in [0.2, 0.25) is 0 Å². The minimum Gasteiger partial charge on any atom is -0.390 e. The van der Waals surface area contributed by atoms with Crippen LogP contribution in [0.4, 0.5) is 0 Å². The molecule has 98 valence electrons. The summed E-state index contributed by atoms with van der Waals surface area (Å²) in [7, 11) is -0.361. The largest absolute Gasteiger partial charge is 0.390 e. The first-order valence-electron chi connectivity index (χ1n) is 5.50. The molecule has 7 heteroatoms. The van der Waals surface area contributed by atoms with E-state index in [1.165, 1.54) is 14.2 Å². The first kappa shape index (κ1) is 13.2. The van der Waals surface area contributed by atoms with Crippen molar-refractivity contribution in [3.63, 3.8) is 0 Å². The molecule has 3 unspecified atom stereocenters. The summed E-state index contributed by atoms with van der Waals surface area (Å²) in [5, 5.41) is 9.61. The first-order chi connectivity index (χ1) is 7.98. The highest BCUT2D eigenvalue weighted by molar-refractivity contribution is 7.53. The number of ether oxygens (including phenoxy) is 1. The molecule has 0 amide bonds. The van der Waals surface area contributed by atoms with Crippen molar-refractivity contribution in [3.05, 3.63) is 0 Å². The standard InChI is InChI=1S/C10H17O6P/c1-14-17(13,15-2)6-7-3-10(7)4-8(12)9(5-11)16-10/h5,7-9,12H,3-4,6H2,1-2H3/t7?,8-,9?,10?/m1/s1. The van der Waals surface area contributed by atoms with Crippen LogP contribution in [0.5, 0.6) is 0 Å². The maximum absolute atomic E-state index is 11.9. The zero-order chi connectivity index (χ0) is 12.7. The molecule has 0 radical (unpaired) electrons. The fourth-order valence-corrected chi connectivity index (χ4v) is 3.91. The van der Waals surface area contributed by atoms with E-state index in [-0.39, 0.29) is 12.1 Å². The number of aldehydes is 1. The number of aliphatic hydroxyl groups is 1. The summed E-state index contributed by atoms with van der Waals surface area (Å²) in [6, 6.07) is 0. The molecule has 0 aromatic carbocycles. The van der Waals surface area contributed by atoms with Gasteiger partial charge < -0.3 is 23.7 Å². The highest BCUT2D eigenvalue weighted by atomic mass is 31.2. The highest BCUT2D eigenvalue weighted by Gasteiger charge is 2.63. The normalized spacial score (nSPS) is 40.8. The van der Waals surface area contributed by atoms with Crippen LogP contribution in [-0.2, 0) is 23.1 Å². The lowest BCUT2D eigenvalue weighted by molar-refractivity contribution is -0.121. The molecule has 1 aliphatic heterocycles. The van der Waals surface area contributed by atoms with Crippen molar-refractivity contribution in [2.75, 3.05) is 20.4 Å². The second-order valence-corrected chi connectivity index (χ2v) is 6.93. The van der Waals surface area contributed by atoms with Gasteiger partial charge >= 0.3 is 7.60 Å². The van der Waals surface area contributed by atoms with Crippen LogP contribution >= 0.6 is 7.60 Å². The fraction of sp³-hybridized carbons (Fsp3) is 0.900. The monoisotopic (exact) mass is 264 g/mol. The third-order valence-corrected chi connectivity index (χ3v) is 5.62. The number of hydrogen-bond acceptors (Lipinski definition) is 6. The summed E-state index contributed by atoms with van der Waals surface area (Å²) in [4.78, 5) is 10.6. The van der Waals surface area contributed by atoms with Crippen LogP contribution in [0.2, 0.25) is 0 Å². The fourth-order valence-electron chi connectivity index (χ4n) is 2.46. The molecule has 0 bridgehead atoms. The molecule has 1 spiro atoms. The Morgan fingerprint density at radius 1 is 1.47 bits per heavy atom. The quantitative estimate of drug-likeness (QED) is 0.577. The van der Waals surface area contributed by atoms with Crippen molar-refractivity contribution in [2.24, 2.45) is 5.92 Å². The Balaban J connectivity index is 1.97. The van der Waals surface area contributed by atoms with Crippen molar-refractivity contribution in [1.82, 2.24) is 0 Å². The third-order valence-electron chi connectivity index (χ3n) is 3.61. The molecule has 1 heterocycles. The minimum absolute atomic E-state index is 0.0211. The van der Waals surface area contributed by atoms with Gasteiger partial charge in [0.25, 0.3) is 0 Å². The SMILES string of the molecule is COP(=O)(CC1CC12C[C@@H](O)C(C=O)O2)OC. The Hall–Kier alpha value is -0.260. The molecule has 2 rings (SSSR count). The molecule has 0 aromatic heterocycles. The van der Waals surface area contributed by atoms with Crippen molar-refractivity contribution < 1.29 is 28.3 Å². The molecule has 4 atom stereocenters. The van der Waals surface area contributed by atoms with Gasteiger partial charge in [-0.25, -0.2) is 0 Å². The second kappa shape index (κ2) is 4.44. The van der Waals surface area contributed by atoms with Crippen molar-refractivity contribution in [2.45, 2.75) is 30.7 Å². The van der Waals surface area contributed by atoms with E-state index in [4.69, 9.17) is 13.8 Å².